The minimum atomic E-state index is -0.451. The minimum absolute atomic E-state index is 0.196. The van der Waals surface area contributed by atoms with Crippen molar-refractivity contribution in [1.29, 1.82) is 0 Å². The van der Waals surface area contributed by atoms with Crippen LogP contribution in [0.1, 0.15) is 16.7 Å². The molecule has 3 aromatic rings. The molecule has 0 spiro atoms. The fourth-order valence-electron chi connectivity index (χ4n) is 3.18. The van der Waals surface area contributed by atoms with Crippen LogP contribution in [0.3, 0.4) is 0 Å². The molecule has 7 heteroatoms. The number of halogens is 2. The first kappa shape index (κ1) is 21.2. The van der Waals surface area contributed by atoms with Crippen LogP contribution < -0.4 is 10.1 Å². The summed E-state index contributed by atoms with van der Waals surface area (Å²) in [5.41, 5.74) is 2.75. The van der Waals surface area contributed by atoms with Gasteiger partial charge in [-0.25, -0.2) is 4.79 Å². The summed E-state index contributed by atoms with van der Waals surface area (Å²) in [5.74, 6) is 0.130. The smallest absolute Gasteiger partial charge is 0.329 e. The molecule has 1 fully saturated rings. The van der Waals surface area contributed by atoms with Gasteiger partial charge in [-0.1, -0.05) is 72.3 Å². The molecule has 0 atom stereocenters. The predicted octanol–water partition coefficient (Wildman–Crippen LogP) is 5.77. The van der Waals surface area contributed by atoms with Gasteiger partial charge >= 0.3 is 6.03 Å². The number of carbonyl (C=O) groups excluding carboxylic acids is 2. The van der Waals surface area contributed by atoms with Crippen LogP contribution in [0.25, 0.3) is 6.08 Å². The zero-order valence-corrected chi connectivity index (χ0v) is 18.7. The maximum atomic E-state index is 12.7. The summed E-state index contributed by atoms with van der Waals surface area (Å²) in [6.45, 7) is 0.585. The van der Waals surface area contributed by atoms with Gasteiger partial charge in [0.25, 0.3) is 5.91 Å². The molecule has 156 valence electrons. The van der Waals surface area contributed by atoms with Crippen molar-refractivity contribution in [3.63, 3.8) is 0 Å². The molecule has 5 nitrogen and oxygen atoms in total. The van der Waals surface area contributed by atoms with Gasteiger partial charge in [0.1, 0.15) is 12.3 Å². The SMILES string of the molecule is O=C1N/C(=C/c2cc(Cl)c(OCc3ccccc3)c(Br)c2)C(=O)N1Cc1ccccc1. The largest absolute Gasteiger partial charge is 0.486 e. The Labute approximate surface area is 193 Å². The highest BCUT2D eigenvalue weighted by atomic mass is 79.9. The van der Waals surface area contributed by atoms with Crippen molar-refractivity contribution in [3.05, 3.63) is 105 Å². The Kier molecular flexibility index (Phi) is 6.39. The number of urea groups is 1. The van der Waals surface area contributed by atoms with Crippen LogP contribution in [-0.2, 0) is 17.9 Å². The fraction of sp³-hybridized carbons (Fsp3) is 0.0833. The first-order chi connectivity index (χ1) is 15.0. The van der Waals surface area contributed by atoms with Gasteiger partial charge in [0.05, 0.1) is 16.0 Å². The molecule has 4 rings (SSSR count). The molecular weight excluding hydrogens is 480 g/mol. The number of benzene rings is 3. The lowest BCUT2D eigenvalue weighted by Gasteiger charge is -2.12. The number of amides is 3. The molecule has 1 saturated heterocycles. The summed E-state index contributed by atoms with van der Waals surface area (Å²) in [4.78, 5) is 26.2. The molecule has 3 amide bonds. The molecule has 0 aliphatic carbocycles. The van der Waals surface area contributed by atoms with E-state index in [-0.39, 0.29) is 18.1 Å². The first-order valence-electron chi connectivity index (χ1n) is 9.55. The predicted molar refractivity (Wildman–Crippen MR) is 123 cm³/mol. The third-order valence-electron chi connectivity index (χ3n) is 4.70. The summed E-state index contributed by atoms with van der Waals surface area (Å²) in [6.07, 6.45) is 1.60. The molecule has 1 N–H and O–H groups in total. The van der Waals surface area contributed by atoms with Crippen LogP contribution in [0.2, 0.25) is 5.02 Å². The average Bonchev–Trinajstić information content (AvgIpc) is 3.02. The second-order valence-corrected chi connectivity index (χ2v) is 8.21. The molecule has 0 saturated carbocycles. The number of nitrogens with zero attached hydrogens (tertiary/aromatic N) is 1. The molecule has 1 aliphatic rings. The van der Waals surface area contributed by atoms with Crippen LogP contribution in [0.15, 0.2) is 83.0 Å². The van der Waals surface area contributed by atoms with E-state index in [1.54, 1.807) is 18.2 Å². The highest BCUT2D eigenvalue weighted by molar-refractivity contribution is 9.10. The number of rotatable bonds is 6. The van der Waals surface area contributed by atoms with Gasteiger partial charge in [-0.15, -0.1) is 0 Å². The topological polar surface area (TPSA) is 58.6 Å². The van der Waals surface area contributed by atoms with Gasteiger partial charge in [-0.05, 0) is 50.8 Å². The Morgan fingerprint density at radius 1 is 0.968 bits per heavy atom. The van der Waals surface area contributed by atoms with Crippen molar-refractivity contribution in [2.75, 3.05) is 0 Å². The van der Waals surface area contributed by atoms with Crippen molar-refractivity contribution in [2.24, 2.45) is 0 Å². The lowest BCUT2D eigenvalue weighted by Crippen LogP contribution is -2.30. The summed E-state index contributed by atoms with van der Waals surface area (Å²) in [5, 5.41) is 3.03. The van der Waals surface area contributed by atoms with Crippen molar-refractivity contribution in [2.45, 2.75) is 13.2 Å². The summed E-state index contributed by atoms with van der Waals surface area (Å²) >= 11 is 9.90. The van der Waals surface area contributed by atoms with E-state index in [2.05, 4.69) is 21.2 Å². The van der Waals surface area contributed by atoms with Gasteiger partial charge in [-0.3, -0.25) is 9.69 Å². The van der Waals surface area contributed by atoms with E-state index >= 15 is 0 Å². The molecule has 3 aromatic carbocycles. The van der Waals surface area contributed by atoms with E-state index in [1.165, 1.54) is 4.90 Å². The Morgan fingerprint density at radius 2 is 1.61 bits per heavy atom. The Bertz CT molecular complexity index is 1130. The highest BCUT2D eigenvalue weighted by Crippen LogP contribution is 2.36. The number of ether oxygens (including phenoxy) is 1. The average molecular weight is 498 g/mol. The Hall–Kier alpha value is -3.09. The van der Waals surface area contributed by atoms with Crippen molar-refractivity contribution in [3.8, 4) is 5.75 Å². The minimum Gasteiger partial charge on any atom is -0.486 e. The molecular formula is C24H18BrClN2O3. The quantitative estimate of drug-likeness (QED) is 0.347. The standard InChI is InChI=1S/C24H18BrClN2O3/c25-19-11-18(12-20(26)22(19)31-15-17-9-5-2-6-10-17)13-21-23(29)28(24(30)27-21)14-16-7-3-1-4-8-16/h1-13H,14-15H2,(H,27,30)/b21-13+. The zero-order valence-electron chi connectivity index (χ0n) is 16.3. The number of nitrogens with one attached hydrogen (secondary N) is 1. The summed E-state index contributed by atoms with van der Waals surface area (Å²) in [7, 11) is 0. The van der Waals surface area contributed by atoms with Crippen LogP contribution in [0, 0.1) is 0 Å². The second-order valence-electron chi connectivity index (χ2n) is 6.95. The normalized spacial score (nSPS) is 14.8. The molecule has 31 heavy (non-hydrogen) atoms. The second kappa shape index (κ2) is 9.37. The van der Waals surface area contributed by atoms with Crippen LogP contribution >= 0.6 is 27.5 Å². The summed E-state index contributed by atoms with van der Waals surface area (Å²) < 4.78 is 6.51. The maximum Gasteiger partial charge on any atom is 0.329 e. The summed E-state index contributed by atoms with van der Waals surface area (Å²) in [6, 6.07) is 22.2. The van der Waals surface area contributed by atoms with Gasteiger partial charge in [-0.2, -0.15) is 0 Å². The maximum absolute atomic E-state index is 12.7. The van der Waals surface area contributed by atoms with Gasteiger partial charge in [0, 0.05) is 0 Å². The van der Waals surface area contributed by atoms with Gasteiger partial charge in [0.15, 0.2) is 5.75 Å². The lowest BCUT2D eigenvalue weighted by molar-refractivity contribution is -0.123. The van der Waals surface area contributed by atoms with Crippen molar-refractivity contribution >= 4 is 45.5 Å². The van der Waals surface area contributed by atoms with Crippen LogP contribution in [0.5, 0.6) is 5.75 Å². The van der Waals surface area contributed by atoms with Crippen LogP contribution in [-0.4, -0.2) is 16.8 Å². The molecule has 1 heterocycles. The van der Waals surface area contributed by atoms with E-state index in [0.29, 0.717) is 27.4 Å². The van der Waals surface area contributed by atoms with E-state index in [4.69, 9.17) is 16.3 Å². The number of imide groups is 1. The van der Waals surface area contributed by atoms with Gasteiger partial charge in [0.2, 0.25) is 0 Å². The number of hydrogen-bond donors (Lipinski definition) is 1. The molecule has 0 radical (unpaired) electrons. The molecule has 0 unspecified atom stereocenters. The third-order valence-corrected chi connectivity index (χ3v) is 5.57. The number of hydrogen-bond acceptors (Lipinski definition) is 3. The monoisotopic (exact) mass is 496 g/mol. The van der Waals surface area contributed by atoms with Crippen molar-refractivity contribution < 1.29 is 14.3 Å². The molecule has 0 bridgehead atoms. The highest BCUT2D eigenvalue weighted by Gasteiger charge is 2.33. The van der Waals surface area contributed by atoms with E-state index in [0.717, 1.165) is 11.1 Å². The van der Waals surface area contributed by atoms with Gasteiger partial charge < -0.3 is 10.1 Å². The first-order valence-corrected chi connectivity index (χ1v) is 10.7. The Morgan fingerprint density at radius 3 is 2.26 bits per heavy atom. The fourth-order valence-corrected chi connectivity index (χ4v) is 4.17. The van der Waals surface area contributed by atoms with E-state index < -0.39 is 6.03 Å². The zero-order chi connectivity index (χ0) is 21.8. The van der Waals surface area contributed by atoms with Crippen molar-refractivity contribution in [1.82, 2.24) is 10.2 Å². The van der Waals surface area contributed by atoms with Crippen LogP contribution in [0.4, 0.5) is 4.79 Å². The van der Waals surface area contributed by atoms with E-state index in [1.807, 2.05) is 60.7 Å². The Balaban J connectivity index is 1.50. The van der Waals surface area contributed by atoms with E-state index in [9.17, 15) is 9.59 Å². The lowest BCUT2D eigenvalue weighted by atomic mass is 10.1. The number of carbonyl (C=O) groups is 2. The third kappa shape index (κ3) is 4.98. The molecule has 0 aromatic heterocycles. The molecule has 1 aliphatic heterocycles.